The van der Waals surface area contributed by atoms with E-state index in [-0.39, 0.29) is 11.9 Å². The first-order chi connectivity index (χ1) is 8.36. The number of likely N-dealkylation sites (N-methyl/N-ethyl adjacent to an activating group) is 2. The Hall–Kier alpha value is 0.0900. The molecular weight excluding hydrogens is 380 g/mol. The lowest BCUT2D eigenvalue weighted by atomic mass is 10.2. The molecule has 1 heterocycles. The van der Waals surface area contributed by atoms with Crippen LogP contribution < -0.4 is 0 Å². The first kappa shape index (κ1) is 16.1. The number of rotatable bonds is 5. The van der Waals surface area contributed by atoms with E-state index in [2.05, 4.69) is 43.7 Å². The van der Waals surface area contributed by atoms with Crippen LogP contribution in [-0.4, -0.2) is 48.9 Å². The summed E-state index contributed by atoms with van der Waals surface area (Å²) in [7, 11) is 4.04. The molecule has 0 fully saturated rings. The van der Waals surface area contributed by atoms with E-state index >= 15 is 0 Å². The third-order valence-corrected chi connectivity index (χ3v) is 4.99. The Morgan fingerprint density at radius 2 is 2.06 bits per heavy atom. The highest BCUT2D eigenvalue weighted by molar-refractivity contribution is 9.12. The lowest BCUT2D eigenvalue weighted by Crippen LogP contribution is -2.43. The molecule has 102 valence electrons. The van der Waals surface area contributed by atoms with Crippen LogP contribution in [-0.2, 0) is 0 Å². The highest BCUT2D eigenvalue weighted by Crippen LogP contribution is 2.32. The fourth-order valence-electron chi connectivity index (χ4n) is 1.92. The average Bonchev–Trinajstić information content (AvgIpc) is 2.57. The fourth-order valence-corrected chi connectivity index (χ4v) is 4.70. The van der Waals surface area contributed by atoms with Crippen molar-refractivity contribution in [1.29, 1.82) is 0 Å². The molecule has 18 heavy (non-hydrogen) atoms. The van der Waals surface area contributed by atoms with Crippen molar-refractivity contribution in [3.05, 3.63) is 19.2 Å². The molecule has 0 aliphatic heterocycles. The second-order valence-electron chi connectivity index (χ2n) is 4.44. The zero-order chi connectivity index (χ0) is 13.9. The van der Waals surface area contributed by atoms with Gasteiger partial charge >= 0.3 is 0 Å². The van der Waals surface area contributed by atoms with E-state index in [1.54, 1.807) is 0 Å². The van der Waals surface area contributed by atoms with Gasteiger partial charge in [-0.3, -0.25) is 4.79 Å². The molecule has 0 spiro atoms. The first-order valence-corrected chi connectivity index (χ1v) is 8.17. The number of thiophene rings is 1. The average molecular weight is 398 g/mol. The highest BCUT2D eigenvalue weighted by Gasteiger charge is 2.23. The summed E-state index contributed by atoms with van der Waals surface area (Å²) in [6.45, 7) is 5.67. The molecular formula is C12H18Br2N2OS. The molecule has 1 aromatic heterocycles. The smallest absolute Gasteiger partial charge is 0.256 e. The minimum Gasteiger partial charge on any atom is -0.335 e. The van der Waals surface area contributed by atoms with E-state index in [9.17, 15) is 4.79 Å². The molecule has 1 unspecified atom stereocenters. The second-order valence-corrected chi connectivity index (χ2v) is 8.19. The highest BCUT2D eigenvalue weighted by atomic mass is 79.9. The van der Waals surface area contributed by atoms with Gasteiger partial charge in [0.25, 0.3) is 5.91 Å². The normalized spacial score (nSPS) is 12.8. The molecule has 1 atom stereocenters. The van der Waals surface area contributed by atoms with E-state index in [1.807, 2.05) is 32.0 Å². The predicted molar refractivity (Wildman–Crippen MR) is 84.4 cm³/mol. The maximum atomic E-state index is 12.5. The van der Waals surface area contributed by atoms with Crippen molar-refractivity contribution in [3.8, 4) is 0 Å². The van der Waals surface area contributed by atoms with Gasteiger partial charge in [0.1, 0.15) is 0 Å². The van der Waals surface area contributed by atoms with Gasteiger partial charge in [0.05, 0.1) is 13.1 Å². The topological polar surface area (TPSA) is 23.6 Å². The molecule has 1 rings (SSSR count). The van der Waals surface area contributed by atoms with E-state index in [4.69, 9.17) is 0 Å². The number of carbonyl (C=O) groups excluding carboxylic acids is 1. The van der Waals surface area contributed by atoms with Crippen LogP contribution in [0.25, 0.3) is 0 Å². The van der Waals surface area contributed by atoms with Crippen LogP contribution in [0.5, 0.6) is 0 Å². The third kappa shape index (κ3) is 4.05. The summed E-state index contributed by atoms with van der Waals surface area (Å²) in [6.07, 6.45) is 0. The van der Waals surface area contributed by atoms with Gasteiger partial charge in [-0.1, -0.05) is 0 Å². The number of hydrogen-bond donors (Lipinski definition) is 0. The number of nitrogens with zero attached hydrogens (tertiary/aromatic N) is 2. The molecule has 0 N–H and O–H groups in total. The van der Waals surface area contributed by atoms with Gasteiger partial charge in [-0.05, 0) is 65.9 Å². The van der Waals surface area contributed by atoms with Gasteiger partial charge in [-0.25, -0.2) is 0 Å². The van der Waals surface area contributed by atoms with E-state index < -0.39 is 0 Å². The van der Waals surface area contributed by atoms with E-state index in [0.29, 0.717) is 6.54 Å². The molecule has 0 saturated heterocycles. The predicted octanol–water partition coefficient (Wildman–Crippen LogP) is 3.69. The molecule has 6 heteroatoms. The summed E-state index contributed by atoms with van der Waals surface area (Å²) in [5, 5.41) is 0. The molecule has 1 aromatic rings. The van der Waals surface area contributed by atoms with Gasteiger partial charge in [0.15, 0.2) is 0 Å². The second kappa shape index (κ2) is 7.03. The summed E-state index contributed by atoms with van der Waals surface area (Å²) in [4.78, 5) is 16.5. The largest absolute Gasteiger partial charge is 0.335 e. The lowest BCUT2D eigenvalue weighted by Gasteiger charge is -2.30. The summed E-state index contributed by atoms with van der Waals surface area (Å²) in [6, 6.07) is 2.07. The number of amides is 1. The molecule has 0 radical (unpaired) electrons. The van der Waals surface area contributed by atoms with Gasteiger partial charge < -0.3 is 9.80 Å². The number of carbonyl (C=O) groups is 1. The molecule has 3 nitrogen and oxygen atoms in total. The van der Waals surface area contributed by atoms with Crippen molar-refractivity contribution in [3.63, 3.8) is 0 Å². The van der Waals surface area contributed by atoms with Crippen LogP contribution in [0.2, 0.25) is 0 Å². The van der Waals surface area contributed by atoms with E-state index in [0.717, 1.165) is 19.7 Å². The van der Waals surface area contributed by atoms with Crippen molar-refractivity contribution in [2.24, 2.45) is 0 Å². The Morgan fingerprint density at radius 3 is 2.44 bits per heavy atom. The van der Waals surface area contributed by atoms with Crippen LogP contribution in [0.1, 0.15) is 24.2 Å². The van der Waals surface area contributed by atoms with Crippen molar-refractivity contribution in [1.82, 2.24) is 9.80 Å². The summed E-state index contributed by atoms with van der Waals surface area (Å²) in [5.41, 5.74) is 0.735. The maximum absolute atomic E-state index is 12.5. The lowest BCUT2D eigenvalue weighted by molar-refractivity contribution is 0.0679. The minimum atomic E-state index is 0.0840. The fraction of sp³-hybridized carbons (Fsp3) is 0.583. The number of hydrogen-bond acceptors (Lipinski definition) is 3. The molecule has 0 aliphatic rings. The molecule has 0 saturated carbocycles. The monoisotopic (exact) mass is 396 g/mol. The van der Waals surface area contributed by atoms with Crippen LogP contribution >= 0.6 is 43.2 Å². The van der Waals surface area contributed by atoms with Gasteiger partial charge in [-0.15, -0.1) is 11.3 Å². The Bertz CT molecular complexity index is 420. The SMILES string of the molecule is CCN(C(=O)c1cc(Br)sc1Br)C(C)CN(C)C. The molecule has 1 amide bonds. The van der Waals surface area contributed by atoms with E-state index in [1.165, 1.54) is 11.3 Å². The van der Waals surface area contributed by atoms with Gasteiger partial charge in [0.2, 0.25) is 0 Å². The Morgan fingerprint density at radius 1 is 1.44 bits per heavy atom. The summed E-state index contributed by atoms with van der Waals surface area (Å²) < 4.78 is 1.85. The number of halogens is 2. The minimum absolute atomic E-state index is 0.0840. The standard InChI is InChI=1S/C12H18Br2N2OS/c1-5-16(8(2)7-15(3)4)12(17)9-6-10(13)18-11(9)14/h6,8H,5,7H2,1-4H3. The van der Waals surface area contributed by atoms with Gasteiger partial charge in [-0.2, -0.15) is 0 Å². The van der Waals surface area contributed by atoms with Gasteiger partial charge in [0, 0.05) is 19.1 Å². The van der Waals surface area contributed by atoms with Crippen molar-refractivity contribution in [2.75, 3.05) is 27.2 Å². The Balaban J connectivity index is 2.88. The summed E-state index contributed by atoms with van der Waals surface area (Å²) in [5.74, 6) is 0.0840. The Labute approximate surface area is 129 Å². The first-order valence-electron chi connectivity index (χ1n) is 5.77. The van der Waals surface area contributed by atoms with Crippen LogP contribution in [0.3, 0.4) is 0 Å². The molecule has 0 bridgehead atoms. The molecule has 0 aliphatic carbocycles. The van der Waals surface area contributed by atoms with Crippen LogP contribution in [0, 0.1) is 0 Å². The van der Waals surface area contributed by atoms with Crippen molar-refractivity contribution in [2.45, 2.75) is 19.9 Å². The van der Waals surface area contributed by atoms with Crippen molar-refractivity contribution < 1.29 is 4.79 Å². The molecule has 0 aromatic carbocycles. The summed E-state index contributed by atoms with van der Waals surface area (Å²) >= 11 is 8.38. The maximum Gasteiger partial charge on any atom is 0.256 e. The van der Waals surface area contributed by atoms with Crippen LogP contribution in [0.4, 0.5) is 0 Å². The third-order valence-electron chi connectivity index (χ3n) is 2.65. The Kier molecular flexibility index (Phi) is 6.30. The zero-order valence-electron chi connectivity index (χ0n) is 11.0. The quantitative estimate of drug-likeness (QED) is 0.756. The van der Waals surface area contributed by atoms with Crippen LogP contribution in [0.15, 0.2) is 13.6 Å². The van der Waals surface area contributed by atoms with Crippen molar-refractivity contribution >= 4 is 49.1 Å². The zero-order valence-corrected chi connectivity index (χ0v) is 15.0.